The van der Waals surface area contributed by atoms with Crippen molar-refractivity contribution in [2.24, 2.45) is 5.73 Å². The second kappa shape index (κ2) is 20.7. The number of nitrogens with zero attached hydrogens (tertiary/aromatic N) is 4. The van der Waals surface area contributed by atoms with Gasteiger partial charge in [0.15, 0.2) is 11.5 Å². The number of methoxy groups -OCH3 is 1. The minimum absolute atomic E-state index is 0.0664. The number of hydrogen-bond donors (Lipinski definition) is 2. The monoisotopic (exact) mass is 966 g/mol. The molecule has 0 radical (unpaired) electrons. The number of likely N-dealkylation sites (N-methyl/N-ethyl adjacent to an activating group) is 2. The normalized spacial score (nSPS) is 10.7. The lowest BCUT2D eigenvalue weighted by molar-refractivity contribution is 0.0606. The number of carbonyl (C=O) groups excluding carboxylic acids is 2. The highest BCUT2D eigenvalue weighted by Crippen LogP contribution is 2.36. The lowest BCUT2D eigenvalue weighted by Crippen LogP contribution is -2.30. The first-order chi connectivity index (χ1) is 25.0. The molecule has 0 atom stereocenters. The van der Waals surface area contributed by atoms with Crippen LogP contribution in [0.1, 0.15) is 19.3 Å². The molecule has 6 rings (SSSR count). The van der Waals surface area contributed by atoms with E-state index in [1.54, 1.807) is 30.9 Å². The Hall–Kier alpha value is -3.46. The number of thiophene rings is 2. The Kier molecular flexibility index (Phi) is 16.4. The van der Waals surface area contributed by atoms with E-state index in [1.165, 1.54) is 29.8 Å². The van der Waals surface area contributed by atoms with Gasteiger partial charge in [-0.05, 0) is 134 Å². The molecule has 0 saturated carbocycles. The van der Waals surface area contributed by atoms with Gasteiger partial charge in [-0.2, -0.15) is 0 Å². The molecule has 0 bridgehead atoms. The molecule has 6 aromatic rings. The summed E-state index contributed by atoms with van der Waals surface area (Å²) in [6, 6.07) is 19.2. The molecular weight excluding hydrogens is 926 g/mol. The first-order valence-electron chi connectivity index (χ1n) is 15.9. The second-order valence-corrected chi connectivity index (χ2v) is 16.2. The van der Waals surface area contributed by atoms with Gasteiger partial charge >= 0.3 is 5.97 Å². The molecule has 4 aromatic heterocycles. The van der Waals surface area contributed by atoms with Gasteiger partial charge in [-0.1, -0.05) is 0 Å². The minimum atomic E-state index is -0.351. The molecule has 274 valence electrons. The van der Waals surface area contributed by atoms with Crippen LogP contribution in [-0.4, -0.2) is 93.1 Å². The Labute approximate surface area is 338 Å². The quantitative estimate of drug-likeness (QED) is 0.0974. The first-order valence-corrected chi connectivity index (χ1v) is 19.7. The van der Waals surface area contributed by atoms with Gasteiger partial charge in [0.05, 0.1) is 33.8 Å². The van der Waals surface area contributed by atoms with Crippen molar-refractivity contribution in [1.29, 1.82) is 0 Å². The summed E-state index contributed by atoms with van der Waals surface area (Å²) >= 11 is 7.25. The van der Waals surface area contributed by atoms with Gasteiger partial charge in [0, 0.05) is 56.5 Å². The number of carbonyl (C=O) groups is 2. The number of ether oxygens (including phenoxy) is 3. The zero-order chi connectivity index (χ0) is 37.6. The van der Waals surface area contributed by atoms with Crippen LogP contribution in [-0.2, 0) is 4.74 Å². The van der Waals surface area contributed by atoms with E-state index in [4.69, 9.17) is 19.9 Å². The number of nitrogens with one attached hydrogen (secondary N) is 1. The summed E-state index contributed by atoms with van der Waals surface area (Å²) in [7, 11) is 9.34. The van der Waals surface area contributed by atoms with Gasteiger partial charge in [0.2, 0.25) is 0 Å². The Bertz CT molecular complexity index is 2050. The van der Waals surface area contributed by atoms with Crippen molar-refractivity contribution in [3.05, 3.63) is 102 Å². The molecule has 52 heavy (non-hydrogen) atoms. The van der Waals surface area contributed by atoms with Crippen LogP contribution in [0.3, 0.4) is 0 Å². The van der Waals surface area contributed by atoms with Crippen molar-refractivity contribution < 1.29 is 23.8 Å². The number of fused-ring (bicyclic) bond motifs is 2. The summed E-state index contributed by atoms with van der Waals surface area (Å²) in [6.07, 6.45) is 6.81. The van der Waals surface area contributed by atoms with Crippen LogP contribution in [0.15, 0.2) is 85.5 Å². The number of rotatable bonds is 11. The van der Waals surface area contributed by atoms with Crippen LogP contribution in [0.5, 0.6) is 23.0 Å². The number of hydrogen-bond acceptors (Lipinski definition) is 12. The summed E-state index contributed by atoms with van der Waals surface area (Å²) in [4.78, 5) is 37.6. The largest absolute Gasteiger partial charge is 0.465 e. The number of benzene rings is 2. The maximum absolute atomic E-state index is 12.3. The minimum Gasteiger partial charge on any atom is -0.465 e. The molecule has 11 nitrogen and oxygen atoms in total. The van der Waals surface area contributed by atoms with Crippen molar-refractivity contribution in [3.8, 4) is 23.0 Å². The molecule has 1 amide bonds. The summed E-state index contributed by atoms with van der Waals surface area (Å²) < 4.78 is 20.7. The van der Waals surface area contributed by atoms with E-state index in [2.05, 4.69) is 65.4 Å². The standard InChI is InChI=1S/C18H18IN3O2S.C15H10INO3S.C4H12N2/c1-22(2)8-7-21-18(23)16-9-14-15(10-20-11-17(14)25-16)24-13-5-3-12(19)4-6-13;1-19-15(18)13-6-11-12(7-17-8-14(11)21-13)20-10-4-2-9(16)3-5-10;1-6(2)4-3-5/h3-6,9-11H,7-8H2,1-2H3,(H,21,23);2-8H,1H3;3-5H2,1-2H3. The number of pyridine rings is 2. The number of esters is 1. The average molecular weight is 967 g/mol. The van der Waals surface area contributed by atoms with E-state index in [-0.39, 0.29) is 11.9 Å². The summed E-state index contributed by atoms with van der Waals surface area (Å²) in [6.45, 7) is 3.16. The predicted octanol–water partition coefficient (Wildman–Crippen LogP) is 7.97. The fourth-order valence-corrected chi connectivity index (χ4v) is 6.99. The maximum Gasteiger partial charge on any atom is 0.348 e. The number of amides is 1. The Morgan fingerprint density at radius 1 is 0.731 bits per heavy atom. The fourth-order valence-electron chi connectivity index (χ4n) is 4.34. The molecule has 15 heteroatoms. The van der Waals surface area contributed by atoms with Gasteiger partial charge in [0.25, 0.3) is 5.91 Å². The van der Waals surface area contributed by atoms with E-state index in [1.807, 2.05) is 87.7 Å². The van der Waals surface area contributed by atoms with E-state index < -0.39 is 0 Å². The third-order valence-electron chi connectivity index (χ3n) is 6.93. The number of nitrogens with two attached hydrogens (primary N) is 1. The van der Waals surface area contributed by atoms with Crippen LogP contribution in [0.25, 0.3) is 20.2 Å². The van der Waals surface area contributed by atoms with Crippen LogP contribution >= 0.6 is 67.9 Å². The van der Waals surface area contributed by atoms with Crippen LogP contribution in [0.4, 0.5) is 0 Å². The van der Waals surface area contributed by atoms with E-state index in [0.29, 0.717) is 27.8 Å². The molecule has 0 fully saturated rings. The molecule has 2 aromatic carbocycles. The van der Waals surface area contributed by atoms with Gasteiger partial charge < -0.3 is 35.1 Å². The highest BCUT2D eigenvalue weighted by Gasteiger charge is 2.15. The Morgan fingerprint density at radius 2 is 1.19 bits per heavy atom. The number of halogens is 2. The van der Waals surface area contributed by atoms with Gasteiger partial charge in [0.1, 0.15) is 16.4 Å². The number of aromatic nitrogens is 2. The highest BCUT2D eigenvalue weighted by molar-refractivity contribution is 14.1. The predicted molar refractivity (Wildman–Crippen MR) is 228 cm³/mol. The van der Waals surface area contributed by atoms with Crippen LogP contribution in [0, 0.1) is 7.14 Å². The molecular formula is C37H40I2N6O5S2. The van der Waals surface area contributed by atoms with Gasteiger partial charge in [-0.25, -0.2) is 4.79 Å². The Morgan fingerprint density at radius 3 is 1.62 bits per heavy atom. The Balaban J connectivity index is 0.000000204. The maximum atomic E-state index is 12.3. The summed E-state index contributed by atoms with van der Waals surface area (Å²) in [5.41, 5.74) is 5.19. The van der Waals surface area contributed by atoms with Crippen molar-refractivity contribution in [2.45, 2.75) is 0 Å². The van der Waals surface area contributed by atoms with Gasteiger partial charge in [-0.3, -0.25) is 14.8 Å². The highest BCUT2D eigenvalue weighted by atomic mass is 127. The molecule has 0 spiro atoms. The second-order valence-electron chi connectivity index (χ2n) is 11.6. The van der Waals surface area contributed by atoms with Crippen LogP contribution < -0.4 is 20.5 Å². The summed E-state index contributed by atoms with van der Waals surface area (Å²) in [5.74, 6) is 2.34. The third kappa shape index (κ3) is 12.6. The molecule has 4 heterocycles. The van der Waals surface area contributed by atoms with E-state index >= 15 is 0 Å². The lowest BCUT2D eigenvalue weighted by atomic mass is 10.2. The van der Waals surface area contributed by atoms with Crippen molar-refractivity contribution in [1.82, 2.24) is 25.1 Å². The topological polar surface area (TPSA) is 132 Å². The van der Waals surface area contributed by atoms with Crippen LogP contribution in [0.2, 0.25) is 0 Å². The zero-order valence-corrected chi connectivity index (χ0v) is 35.3. The average Bonchev–Trinajstić information content (AvgIpc) is 3.77. The molecule has 0 saturated heterocycles. The smallest absolute Gasteiger partial charge is 0.348 e. The van der Waals surface area contributed by atoms with E-state index in [0.717, 1.165) is 58.4 Å². The molecule has 0 aliphatic carbocycles. The first kappa shape index (κ1) is 41.3. The van der Waals surface area contributed by atoms with Gasteiger partial charge in [-0.15, -0.1) is 22.7 Å². The lowest BCUT2D eigenvalue weighted by Gasteiger charge is -2.09. The van der Waals surface area contributed by atoms with Crippen molar-refractivity contribution in [2.75, 3.05) is 61.5 Å². The van der Waals surface area contributed by atoms with E-state index in [9.17, 15) is 9.59 Å². The molecule has 3 N–H and O–H groups in total. The zero-order valence-electron chi connectivity index (χ0n) is 29.4. The fraction of sp³-hybridized carbons (Fsp3) is 0.243. The SMILES string of the molecule is CN(C)CCN.CN(C)CCNC(=O)c1cc2c(Oc3ccc(I)cc3)cncc2s1.COC(=O)c1cc2c(Oc3ccc(I)cc3)cncc2s1. The molecule has 0 aliphatic rings. The van der Waals surface area contributed by atoms with Crippen molar-refractivity contribution in [3.63, 3.8) is 0 Å². The third-order valence-corrected chi connectivity index (χ3v) is 10.5. The molecule has 0 unspecified atom stereocenters. The van der Waals surface area contributed by atoms with Crippen molar-refractivity contribution >= 4 is 99.9 Å². The summed E-state index contributed by atoms with van der Waals surface area (Å²) in [5, 5.41) is 4.69. The molecule has 0 aliphatic heterocycles.